The molecule has 1 aromatic rings. The average Bonchev–Trinajstić information content (AvgIpc) is 2.33. The van der Waals surface area contributed by atoms with Gasteiger partial charge in [0.1, 0.15) is 5.82 Å². The third-order valence-electron chi connectivity index (χ3n) is 2.92. The third kappa shape index (κ3) is 2.58. The highest BCUT2D eigenvalue weighted by Gasteiger charge is 2.21. The van der Waals surface area contributed by atoms with E-state index in [4.69, 9.17) is 0 Å². The van der Waals surface area contributed by atoms with Crippen LogP contribution >= 0.6 is 0 Å². The van der Waals surface area contributed by atoms with Gasteiger partial charge in [0.15, 0.2) is 0 Å². The van der Waals surface area contributed by atoms with Crippen LogP contribution in [0.25, 0.3) is 0 Å². The highest BCUT2D eigenvalue weighted by Crippen LogP contribution is 2.14. The van der Waals surface area contributed by atoms with Crippen LogP contribution in [0.5, 0.6) is 0 Å². The number of pyridine rings is 1. The van der Waals surface area contributed by atoms with Gasteiger partial charge in [0.05, 0.1) is 5.92 Å². The van der Waals surface area contributed by atoms with Crippen LogP contribution in [0.4, 0.5) is 5.82 Å². The molecule has 0 saturated carbocycles. The summed E-state index contributed by atoms with van der Waals surface area (Å²) in [7, 11) is 0. The number of carbonyl (C=O) groups is 1. The summed E-state index contributed by atoms with van der Waals surface area (Å²) in [5.74, 6) is 0.835. The van der Waals surface area contributed by atoms with Crippen LogP contribution in [0, 0.1) is 12.8 Å². The molecule has 2 rings (SSSR count). The lowest BCUT2D eigenvalue weighted by molar-refractivity contribution is -0.120. The zero-order valence-corrected chi connectivity index (χ0v) is 9.49. The predicted molar refractivity (Wildman–Crippen MR) is 63.2 cm³/mol. The molecule has 1 aromatic heterocycles. The van der Waals surface area contributed by atoms with Crippen molar-refractivity contribution in [3.05, 3.63) is 23.9 Å². The molecule has 0 bridgehead atoms. The van der Waals surface area contributed by atoms with Crippen molar-refractivity contribution in [2.24, 2.45) is 5.92 Å². The lowest BCUT2D eigenvalue weighted by Gasteiger charge is -2.21. The van der Waals surface area contributed by atoms with E-state index < -0.39 is 0 Å². The van der Waals surface area contributed by atoms with Crippen LogP contribution in [0.3, 0.4) is 0 Å². The van der Waals surface area contributed by atoms with Crippen LogP contribution in [-0.4, -0.2) is 24.0 Å². The summed E-state index contributed by atoms with van der Waals surface area (Å²) in [5, 5.41) is 6.12. The summed E-state index contributed by atoms with van der Waals surface area (Å²) < 4.78 is 0. The molecule has 1 saturated heterocycles. The maximum atomic E-state index is 11.9. The van der Waals surface area contributed by atoms with E-state index in [9.17, 15) is 4.79 Å². The topological polar surface area (TPSA) is 54.0 Å². The molecule has 0 spiro atoms. The first kappa shape index (κ1) is 11.1. The molecule has 2 N–H and O–H groups in total. The maximum Gasteiger partial charge on any atom is 0.229 e. The number of nitrogens with one attached hydrogen (secondary N) is 2. The van der Waals surface area contributed by atoms with Crippen molar-refractivity contribution in [1.29, 1.82) is 0 Å². The molecule has 1 aliphatic heterocycles. The second-order valence-electron chi connectivity index (χ2n) is 4.20. The number of amides is 1. The Hall–Kier alpha value is -1.42. The molecule has 1 atom stereocenters. The SMILES string of the molecule is Cc1cccnc1NC(=O)C1CCCNC1. The van der Waals surface area contributed by atoms with Gasteiger partial charge in [-0.3, -0.25) is 4.79 Å². The molecule has 1 aliphatic rings. The first-order chi connectivity index (χ1) is 7.77. The number of carbonyl (C=O) groups excluding carboxylic acids is 1. The summed E-state index contributed by atoms with van der Waals surface area (Å²) in [5.41, 5.74) is 1.000. The first-order valence-electron chi connectivity index (χ1n) is 5.70. The van der Waals surface area contributed by atoms with E-state index in [0.29, 0.717) is 5.82 Å². The Bertz CT molecular complexity index is 372. The van der Waals surface area contributed by atoms with Gasteiger partial charge in [-0.25, -0.2) is 4.98 Å². The maximum absolute atomic E-state index is 11.9. The molecule has 0 radical (unpaired) electrons. The predicted octanol–water partition coefficient (Wildman–Crippen LogP) is 1.33. The van der Waals surface area contributed by atoms with Crippen molar-refractivity contribution in [2.75, 3.05) is 18.4 Å². The smallest absolute Gasteiger partial charge is 0.229 e. The van der Waals surface area contributed by atoms with Gasteiger partial charge < -0.3 is 10.6 Å². The van der Waals surface area contributed by atoms with Gasteiger partial charge in [-0.1, -0.05) is 6.07 Å². The number of anilines is 1. The Balaban J connectivity index is 1.99. The van der Waals surface area contributed by atoms with Crippen molar-refractivity contribution >= 4 is 11.7 Å². The minimum Gasteiger partial charge on any atom is -0.316 e. The summed E-state index contributed by atoms with van der Waals surface area (Å²) in [4.78, 5) is 16.1. The molecule has 1 amide bonds. The summed E-state index contributed by atoms with van der Waals surface area (Å²) in [6.07, 6.45) is 3.73. The second kappa shape index (κ2) is 5.07. The summed E-state index contributed by atoms with van der Waals surface area (Å²) >= 11 is 0. The van der Waals surface area contributed by atoms with E-state index in [0.717, 1.165) is 31.5 Å². The minimum absolute atomic E-state index is 0.0778. The van der Waals surface area contributed by atoms with Gasteiger partial charge in [-0.15, -0.1) is 0 Å². The van der Waals surface area contributed by atoms with Crippen LogP contribution in [-0.2, 0) is 4.79 Å². The summed E-state index contributed by atoms with van der Waals surface area (Å²) in [6.45, 7) is 3.74. The molecule has 0 aliphatic carbocycles. The fourth-order valence-corrected chi connectivity index (χ4v) is 1.91. The van der Waals surface area contributed by atoms with Crippen molar-refractivity contribution in [3.63, 3.8) is 0 Å². The minimum atomic E-state index is 0.0778. The number of aryl methyl sites for hydroxylation is 1. The van der Waals surface area contributed by atoms with Gasteiger partial charge >= 0.3 is 0 Å². The Labute approximate surface area is 95.5 Å². The number of hydrogen-bond acceptors (Lipinski definition) is 3. The quantitative estimate of drug-likeness (QED) is 0.789. The molecular formula is C12H17N3O. The number of rotatable bonds is 2. The largest absolute Gasteiger partial charge is 0.316 e. The molecule has 0 aromatic carbocycles. The number of piperidine rings is 1. The van der Waals surface area contributed by atoms with E-state index in [1.54, 1.807) is 6.20 Å². The van der Waals surface area contributed by atoms with E-state index in [2.05, 4.69) is 15.6 Å². The van der Waals surface area contributed by atoms with Crippen LogP contribution in [0.2, 0.25) is 0 Å². The molecule has 86 valence electrons. The zero-order valence-electron chi connectivity index (χ0n) is 9.49. The third-order valence-corrected chi connectivity index (χ3v) is 2.92. The molecule has 4 heteroatoms. The number of hydrogen-bond donors (Lipinski definition) is 2. The van der Waals surface area contributed by atoms with Crippen molar-refractivity contribution < 1.29 is 4.79 Å². The van der Waals surface area contributed by atoms with Crippen LogP contribution in [0.15, 0.2) is 18.3 Å². The number of aromatic nitrogens is 1. The Morgan fingerprint density at radius 2 is 2.50 bits per heavy atom. The average molecular weight is 219 g/mol. The van der Waals surface area contributed by atoms with E-state index in [-0.39, 0.29) is 11.8 Å². The van der Waals surface area contributed by atoms with Crippen molar-refractivity contribution in [3.8, 4) is 0 Å². The molecule has 2 heterocycles. The molecular weight excluding hydrogens is 202 g/mol. The second-order valence-corrected chi connectivity index (χ2v) is 4.20. The monoisotopic (exact) mass is 219 g/mol. The Morgan fingerprint density at radius 1 is 1.62 bits per heavy atom. The normalized spacial score (nSPS) is 20.4. The van der Waals surface area contributed by atoms with Gasteiger partial charge in [0.25, 0.3) is 0 Å². The Morgan fingerprint density at radius 3 is 3.19 bits per heavy atom. The highest BCUT2D eigenvalue weighted by molar-refractivity contribution is 5.92. The standard InChI is InChI=1S/C12H17N3O/c1-9-4-2-7-14-11(9)15-12(16)10-5-3-6-13-8-10/h2,4,7,10,13H,3,5-6,8H2,1H3,(H,14,15,16). The molecule has 16 heavy (non-hydrogen) atoms. The molecule has 1 unspecified atom stereocenters. The first-order valence-corrected chi connectivity index (χ1v) is 5.70. The fourth-order valence-electron chi connectivity index (χ4n) is 1.91. The zero-order chi connectivity index (χ0) is 11.4. The van der Waals surface area contributed by atoms with Crippen LogP contribution in [0.1, 0.15) is 18.4 Å². The summed E-state index contributed by atoms with van der Waals surface area (Å²) in [6, 6.07) is 3.81. The fraction of sp³-hybridized carbons (Fsp3) is 0.500. The van der Waals surface area contributed by atoms with E-state index in [1.165, 1.54) is 0 Å². The van der Waals surface area contributed by atoms with Crippen molar-refractivity contribution in [2.45, 2.75) is 19.8 Å². The van der Waals surface area contributed by atoms with E-state index >= 15 is 0 Å². The highest BCUT2D eigenvalue weighted by atomic mass is 16.2. The van der Waals surface area contributed by atoms with Crippen LogP contribution < -0.4 is 10.6 Å². The molecule has 1 fully saturated rings. The van der Waals surface area contributed by atoms with E-state index in [1.807, 2.05) is 19.1 Å². The molecule has 4 nitrogen and oxygen atoms in total. The van der Waals surface area contributed by atoms with Crippen molar-refractivity contribution in [1.82, 2.24) is 10.3 Å². The lowest BCUT2D eigenvalue weighted by Crippen LogP contribution is -2.37. The van der Waals surface area contributed by atoms with Gasteiger partial charge in [-0.2, -0.15) is 0 Å². The van der Waals surface area contributed by atoms with Gasteiger partial charge in [0, 0.05) is 12.7 Å². The Kier molecular flexibility index (Phi) is 3.51. The lowest BCUT2D eigenvalue weighted by atomic mass is 9.99. The van der Waals surface area contributed by atoms with Gasteiger partial charge in [-0.05, 0) is 37.9 Å². The van der Waals surface area contributed by atoms with Gasteiger partial charge in [0.2, 0.25) is 5.91 Å². The number of nitrogens with zero attached hydrogens (tertiary/aromatic N) is 1.